The van der Waals surface area contributed by atoms with E-state index in [2.05, 4.69) is 34.5 Å². The van der Waals surface area contributed by atoms with Gasteiger partial charge in [-0.2, -0.15) is 0 Å². The first-order chi connectivity index (χ1) is 19.5. The predicted molar refractivity (Wildman–Crippen MR) is 153 cm³/mol. The molecule has 1 N–H and O–H groups in total. The molecule has 2 amide bonds. The number of hydrogen-bond donors (Lipinski definition) is 1. The van der Waals surface area contributed by atoms with Gasteiger partial charge < -0.3 is 19.9 Å². The highest BCUT2D eigenvalue weighted by molar-refractivity contribution is 6.01. The van der Waals surface area contributed by atoms with Gasteiger partial charge in [0.1, 0.15) is 18.2 Å². The molecule has 0 aliphatic carbocycles. The van der Waals surface area contributed by atoms with E-state index in [0.29, 0.717) is 19.4 Å². The monoisotopic (exact) mass is 539 g/mol. The molecule has 2 saturated heterocycles. The normalized spacial score (nSPS) is 18.9. The highest BCUT2D eigenvalue weighted by Crippen LogP contribution is 2.35. The molecule has 2 fully saturated rings. The van der Waals surface area contributed by atoms with E-state index in [1.54, 1.807) is 4.90 Å². The van der Waals surface area contributed by atoms with Crippen molar-refractivity contribution in [3.05, 3.63) is 108 Å². The van der Waals surface area contributed by atoms with E-state index in [4.69, 9.17) is 4.74 Å². The number of piperazine rings is 1. The van der Waals surface area contributed by atoms with Crippen molar-refractivity contribution < 1.29 is 19.1 Å². The Bertz CT molecular complexity index is 1270. The van der Waals surface area contributed by atoms with Gasteiger partial charge in [-0.15, -0.1) is 0 Å². The second kappa shape index (κ2) is 12.9. The number of aryl methyl sites for hydroxylation is 1. The van der Waals surface area contributed by atoms with Gasteiger partial charge in [-0.25, -0.2) is 0 Å². The van der Waals surface area contributed by atoms with Crippen molar-refractivity contribution in [3.8, 4) is 0 Å². The Morgan fingerprint density at radius 3 is 2.02 bits per heavy atom. The number of likely N-dealkylation sites (tertiary alicyclic amines) is 1. The van der Waals surface area contributed by atoms with Gasteiger partial charge in [0.05, 0.1) is 6.42 Å². The lowest BCUT2D eigenvalue weighted by molar-refractivity contribution is -0.164. The smallest absolute Gasteiger partial charge is 0.308 e. The van der Waals surface area contributed by atoms with E-state index in [1.165, 1.54) is 5.56 Å². The lowest BCUT2D eigenvalue weighted by Crippen LogP contribution is -2.72. The summed E-state index contributed by atoms with van der Waals surface area (Å²) in [6.45, 7) is 2.90. The minimum absolute atomic E-state index is 0.131. The van der Waals surface area contributed by atoms with Crippen LogP contribution in [0.1, 0.15) is 42.4 Å². The van der Waals surface area contributed by atoms with Crippen molar-refractivity contribution in [2.45, 2.75) is 56.8 Å². The predicted octanol–water partition coefficient (Wildman–Crippen LogP) is 4.11. The Kier molecular flexibility index (Phi) is 8.91. The van der Waals surface area contributed by atoms with Gasteiger partial charge in [-0.3, -0.25) is 14.4 Å². The number of amides is 2. The summed E-state index contributed by atoms with van der Waals surface area (Å²) in [7, 11) is 0. The summed E-state index contributed by atoms with van der Waals surface area (Å²) >= 11 is 0. The molecule has 0 aromatic heterocycles. The molecule has 0 radical (unpaired) electrons. The largest absolute Gasteiger partial charge is 0.461 e. The molecule has 7 nitrogen and oxygen atoms in total. The maximum absolute atomic E-state index is 13.9. The summed E-state index contributed by atoms with van der Waals surface area (Å²) in [5, 5.41) is 2.90. The van der Waals surface area contributed by atoms with E-state index in [1.807, 2.05) is 66.7 Å². The van der Waals surface area contributed by atoms with E-state index >= 15 is 0 Å². The van der Waals surface area contributed by atoms with Gasteiger partial charge in [0.25, 0.3) is 0 Å². The molecule has 40 heavy (non-hydrogen) atoms. The second-order valence-corrected chi connectivity index (χ2v) is 10.7. The zero-order valence-corrected chi connectivity index (χ0v) is 22.8. The second-order valence-electron chi connectivity index (χ2n) is 10.7. The highest BCUT2D eigenvalue weighted by Gasteiger charge is 2.53. The van der Waals surface area contributed by atoms with E-state index in [-0.39, 0.29) is 24.8 Å². The van der Waals surface area contributed by atoms with Crippen LogP contribution in [0.25, 0.3) is 0 Å². The van der Waals surface area contributed by atoms with Crippen LogP contribution in [0, 0.1) is 0 Å². The van der Waals surface area contributed by atoms with Gasteiger partial charge in [-0.05, 0) is 48.9 Å². The molecule has 0 saturated carbocycles. The molecule has 208 valence electrons. The third-order valence-electron chi connectivity index (χ3n) is 8.07. The zero-order valence-electron chi connectivity index (χ0n) is 22.8. The van der Waals surface area contributed by atoms with Gasteiger partial charge >= 0.3 is 5.97 Å². The molecule has 7 heteroatoms. The average molecular weight is 540 g/mol. The van der Waals surface area contributed by atoms with Gasteiger partial charge in [0.15, 0.2) is 0 Å². The van der Waals surface area contributed by atoms with Gasteiger partial charge in [0.2, 0.25) is 11.8 Å². The molecule has 3 aromatic carbocycles. The van der Waals surface area contributed by atoms with Crippen LogP contribution < -0.4 is 5.32 Å². The Balaban J connectivity index is 1.24. The van der Waals surface area contributed by atoms with E-state index in [0.717, 1.165) is 43.6 Å². The van der Waals surface area contributed by atoms with Crippen LogP contribution in [-0.4, -0.2) is 58.8 Å². The van der Waals surface area contributed by atoms with Crippen molar-refractivity contribution in [2.75, 3.05) is 19.6 Å². The Labute approximate surface area is 236 Å². The summed E-state index contributed by atoms with van der Waals surface area (Å²) in [4.78, 5) is 44.4. The van der Waals surface area contributed by atoms with E-state index in [9.17, 15) is 14.4 Å². The number of esters is 1. The molecule has 1 spiro atoms. The molecule has 2 aliphatic heterocycles. The van der Waals surface area contributed by atoms with Crippen LogP contribution in [0.3, 0.4) is 0 Å². The number of hydrogen-bond acceptors (Lipinski definition) is 5. The van der Waals surface area contributed by atoms with Crippen LogP contribution in [-0.2, 0) is 38.7 Å². The van der Waals surface area contributed by atoms with Crippen molar-refractivity contribution in [1.82, 2.24) is 15.1 Å². The average Bonchev–Trinajstić information content (AvgIpc) is 2.99. The molecular formula is C33H37N3O4. The van der Waals surface area contributed by atoms with Crippen LogP contribution in [0.4, 0.5) is 0 Å². The maximum Gasteiger partial charge on any atom is 0.308 e. The number of ether oxygens (including phenoxy) is 1. The first-order valence-corrected chi connectivity index (χ1v) is 14.2. The first kappa shape index (κ1) is 27.6. The minimum atomic E-state index is -0.936. The number of benzene rings is 3. The zero-order chi connectivity index (χ0) is 27.8. The van der Waals surface area contributed by atoms with Crippen molar-refractivity contribution in [3.63, 3.8) is 0 Å². The van der Waals surface area contributed by atoms with Crippen LogP contribution in [0.2, 0.25) is 0 Å². The molecule has 3 aromatic rings. The summed E-state index contributed by atoms with van der Waals surface area (Å²) in [6.07, 6.45) is 3.00. The number of nitrogens with one attached hydrogen (secondary N) is 1. The number of carbonyl (C=O) groups is 3. The number of nitrogens with zero attached hydrogens (tertiary/aromatic N) is 2. The molecule has 0 bridgehead atoms. The van der Waals surface area contributed by atoms with Crippen LogP contribution >= 0.6 is 0 Å². The van der Waals surface area contributed by atoms with Gasteiger partial charge in [0, 0.05) is 19.6 Å². The van der Waals surface area contributed by atoms with Crippen LogP contribution in [0.5, 0.6) is 0 Å². The molecular weight excluding hydrogens is 502 g/mol. The lowest BCUT2D eigenvalue weighted by Gasteiger charge is -2.51. The number of carbonyl (C=O) groups excluding carboxylic acids is 3. The Morgan fingerprint density at radius 2 is 1.40 bits per heavy atom. The fourth-order valence-corrected chi connectivity index (χ4v) is 5.77. The van der Waals surface area contributed by atoms with Gasteiger partial charge in [-0.1, -0.05) is 91.0 Å². The summed E-state index contributed by atoms with van der Waals surface area (Å²) < 4.78 is 5.42. The van der Waals surface area contributed by atoms with Crippen LogP contribution in [0.15, 0.2) is 91.0 Å². The molecule has 2 aliphatic rings. The van der Waals surface area contributed by atoms with E-state index < -0.39 is 17.6 Å². The fraction of sp³-hybridized carbons (Fsp3) is 0.364. The highest BCUT2D eigenvalue weighted by atomic mass is 16.5. The third-order valence-corrected chi connectivity index (χ3v) is 8.07. The maximum atomic E-state index is 13.9. The van der Waals surface area contributed by atoms with Crippen molar-refractivity contribution in [1.29, 1.82) is 0 Å². The SMILES string of the molecule is O=C(CC1NC(=O)C2(CCN(CCCc3ccccc3)CC2)N(Cc2ccccc2)C1=O)OCc1ccccc1. The fourth-order valence-electron chi connectivity index (χ4n) is 5.77. The number of piperidine rings is 1. The Hall–Kier alpha value is -3.97. The number of rotatable bonds is 10. The molecule has 2 heterocycles. The minimum Gasteiger partial charge on any atom is -0.461 e. The summed E-state index contributed by atoms with van der Waals surface area (Å²) in [5.41, 5.74) is 2.24. The molecule has 1 unspecified atom stereocenters. The topological polar surface area (TPSA) is 79.0 Å². The van der Waals surface area contributed by atoms with Crippen molar-refractivity contribution in [2.24, 2.45) is 0 Å². The molecule has 1 atom stereocenters. The quantitative estimate of drug-likeness (QED) is 0.392. The first-order valence-electron chi connectivity index (χ1n) is 14.2. The van der Waals surface area contributed by atoms with Crippen molar-refractivity contribution >= 4 is 17.8 Å². The standard InChI is InChI=1S/C33H37N3O4/c37-30(40-25-28-15-8-3-9-16-28)23-29-31(38)36(24-27-13-6-2-7-14-27)33(32(39)34-29)18-21-35(22-19-33)20-10-17-26-11-4-1-5-12-26/h1-9,11-16,29H,10,17-25H2,(H,34,39). The lowest BCUT2D eigenvalue weighted by atomic mass is 9.81. The summed E-state index contributed by atoms with van der Waals surface area (Å²) in [5.74, 6) is -0.906. The third kappa shape index (κ3) is 6.59. The molecule has 5 rings (SSSR count). The Morgan fingerprint density at radius 1 is 0.825 bits per heavy atom. The summed E-state index contributed by atoms with van der Waals surface area (Å²) in [6, 6.07) is 28.7.